The summed E-state index contributed by atoms with van der Waals surface area (Å²) in [6, 6.07) is 13.2. The summed E-state index contributed by atoms with van der Waals surface area (Å²) >= 11 is 0. The van der Waals surface area contributed by atoms with Gasteiger partial charge in [-0.1, -0.05) is 30.3 Å². The van der Waals surface area contributed by atoms with Crippen molar-refractivity contribution in [3.05, 3.63) is 87.3 Å². The number of nitrogens with zero attached hydrogens (tertiary/aromatic N) is 2. The lowest BCUT2D eigenvalue weighted by Gasteiger charge is -2.22. The summed E-state index contributed by atoms with van der Waals surface area (Å²) in [5.41, 5.74) is 1.70. The van der Waals surface area contributed by atoms with Gasteiger partial charge in [0.15, 0.2) is 5.69 Å². The summed E-state index contributed by atoms with van der Waals surface area (Å²) in [6.07, 6.45) is 0.622. The van der Waals surface area contributed by atoms with E-state index in [1.54, 1.807) is 0 Å². The molecule has 1 aromatic heterocycles. The number of H-pyrrole nitrogens is 1. The molecule has 0 fully saturated rings. The van der Waals surface area contributed by atoms with Crippen molar-refractivity contribution in [2.24, 2.45) is 0 Å². The molecule has 0 bridgehead atoms. The number of carbonyl (C=O) groups is 1. The van der Waals surface area contributed by atoms with Crippen molar-refractivity contribution in [1.29, 1.82) is 0 Å². The molecule has 0 aliphatic carbocycles. The van der Waals surface area contributed by atoms with Gasteiger partial charge >= 0.3 is 0 Å². The van der Waals surface area contributed by atoms with Gasteiger partial charge in [-0.05, 0) is 29.3 Å². The molecular formula is C21H19FN4O3. The predicted molar refractivity (Wildman–Crippen MR) is 105 cm³/mol. The largest absolute Gasteiger partial charge is 0.501 e. The number of halogens is 1. The fraction of sp³-hybridized carbons (Fsp3) is 0.190. The Bertz CT molecular complexity index is 1130. The number of hydrogen-bond acceptors (Lipinski definition) is 5. The molecule has 1 atom stereocenters. The second kappa shape index (κ2) is 7.38. The molecule has 3 aromatic rings. The van der Waals surface area contributed by atoms with Crippen molar-refractivity contribution in [3.8, 4) is 5.75 Å². The molecule has 1 aliphatic heterocycles. The molecule has 3 N–H and O–H groups in total. The van der Waals surface area contributed by atoms with Gasteiger partial charge in [0.1, 0.15) is 11.6 Å². The maximum atomic E-state index is 13.0. The zero-order valence-corrected chi connectivity index (χ0v) is 15.6. The molecule has 29 heavy (non-hydrogen) atoms. The number of hydrogen-bond donors (Lipinski definition) is 3. The summed E-state index contributed by atoms with van der Waals surface area (Å²) < 4.78 is 13.0. The maximum Gasteiger partial charge on any atom is 0.294 e. The topological polar surface area (TPSA) is 98.3 Å². The van der Waals surface area contributed by atoms with Crippen LogP contribution in [0.1, 0.15) is 33.5 Å². The Hall–Kier alpha value is -3.68. The van der Waals surface area contributed by atoms with Gasteiger partial charge in [0.05, 0.1) is 6.04 Å². The number of aromatic nitrogens is 2. The third-order valence-corrected chi connectivity index (χ3v) is 5.06. The Morgan fingerprint density at radius 2 is 2.00 bits per heavy atom. The highest BCUT2D eigenvalue weighted by Crippen LogP contribution is 2.37. The molecule has 2 heterocycles. The molecule has 7 nitrogen and oxygen atoms in total. The summed E-state index contributed by atoms with van der Waals surface area (Å²) in [7, 11) is 1.89. The van der Waals surface area contributed by atoms with Crippen LogP contribution < -0.4 is 15.8 Å². The molecule has 0 saturated carbocycles. The molecule has 1 amide bonds. The Morgan fingerprint density at radius 3 is 2.72 bits per heavy atom. The maximum absolute atomic E-state index is 13.0. The molecule has 0 radical (unpaired) electrons. The zero-order chi connectivity index (χ0) is 20.5. The van der Waals surface area contributed by atoms with Crippen LogP contribution in [-0.4, -0.2) is 28.0 Å². The average molecular weight is 394 g/mol. The van der Waals surface area contributed by atoms with Crippen molar-refractivity contribution in [2.45, 2.75) is 19.0 Å². The Balaban J connectivity index is 1.58. The zero-order valence-electron chi connectivity index (χ0n) is 15.6. The number of aromatic hydroxyl groups is 1. The summed E-state index contributed by atoms with van der Waals surface area (Å²) in [4.78, 5) is 33.6. The van der Waals surface area contributed by atoms with Gasteiger partial charge in [0, 0.05) is 25.7 Å². The summed E-state index contributed by atoms with van der Waals surface area (Å²) in [5.74, 6) is -1.49. The number of aromatic amines is 1. The number of rotatable bonds is 4. The van der Waals surface area contributed by atoms with Crippen molar-refractivity contribution < 1.29 is 14.3 Å². The van der Waals surface area contributed by atoms with Crippen LogP contribution >= 0.6 is 0 Å². The standard InChI is InChI=1S/C21H19FN4O3/c1-26-15-5-3-2-4-13(15)10-16(26)19-24-17(18(27)21(29)25-19)20(28)23-11-12-6-8-14(22)9-7-12/h2-9,16,27H,10-11H2,1H3,(H,23,28)(H,24,25,29). The summed E-state index contributed by atoms with van der Waals surface area (Å²) in [5, 5.41) is 12.7. The second-order valence-corrected chi connectivity index (χ2v) is 6.92. The van der Waals surface area contributed by atoms with Crippen molar-refractivity contribution in [2.75, 3.05) is 11.9 Å². The van der Waals surface area contributed by atoms with Crippen LogP contribution in [0.4, 0.5) is 10.1 Å². The van der Waals surface area contributed by atoms with E-state index < -0.39 is 17.2 Å². The smallest absolute Gasteiger partial charge is 0.294 e. The van der Waals surface area contributed by atoms with Gasteiger partial charge in [0.25, 0.3) is 11.5 Å². The number of benzene rings is 2. The number of nitrogens with one attached hydrogen (secondary N) is 2. The molecule has 8 heteroatoms. The van der Waals surface area contributed by atoms with E-state index >= 15 is 0 Å². The third-order valence-electron chi connectivity index (χ3n) is 5.06. The van der Waals surface area contributed by atoms with E-state index in [2.05, 4.69) is 15.3 Å². The van der Waals surface area contributed by atoms with Gasteiger partial charge in [-0.3, -0.25) is 9.59 Å². The molecule has 1 unspecified atom stereocenters. The van der Waals surface area contributed by atoms with E-state index in [-0.39, 0.29) is 24.1 Å². The van der Waals surface area contributed by atoms with Crippen LogP contribution in [0.15, 0.2) is 53.3 Å². The van der Waals surface area contributed by atoms with Crippen LogP contribution in [0.25, 0.3) is 0 Å². The lowest BCUT2D eigenvalue weighted by molar-refractivity contribution is 0.0942. The molecule has 148 valence electrons. The Labute approximate surface area is 165 Å². The number of likely N-dealkylation sites (N-methyl/N-ethyl adjacent to an activating group) is 1. The van der Waals surface area contributed by atoms with Crippen LogP contribution in [0.3, 0.4) is 0 Å². The molecule has 0 spiro atoms. The van der Waals surface area contributed by atoms with Crippen molar-refractivity contribution >= 4 is 11.6 Å². The number of fused-ring (bicyclic) bond motifs is 1. The van der Waals surface area contributed by atoms with E-state index in [0.717, 1.165) is 11.3 Å². The number of para-hydroxylation sites is 1. The highest BCUT2D eigenvalue weighted by Gasteiger charge is 2.31. The van der Waals surface area contributed by atoms with Crippen LogP contribution in [-0.2, 0) is 13.0 Å². The van der Waals surface area contributed by atoms with Gasteiger partial charge in [0.2, 0.25) is 5.75 Å². The number of carbonyl (C=O) groups excluding carboxylic acids is 1. The molecule has 1 aliphatic rings. The minimum Gasteiger partial charge on any atom is -0.501 e. The summed E-state index contributed by atoms with van der Waals surface area (Å²) in [6.45, 7) is 0.108. The second-order valence-electron chi connectivity index (χ2n) is 6.92. The van der Waals surface area contributed by atoms with E-state index in [4.69, 9.17) is 0 Å². The number of amides is 1. The average Bonchev–Trinajstić information content (AvgIpc) is 3.06. The van der Waals surface area contributed by atoms with E-state index in [1.807, 2.05) is 36.2 Å². The van der Waals surface area contributed by atoms with Gasteiger partial charge < -0.3 is 20.3 Å². The minimum atomic E-state index is -0.772. The molecular weight excluding hydrogens is 375 g/mol. The van der Waals surface area contributed by atoms with Crippen LogP contribution in [0.2, 0.25) is 0 Å². The Kier molecular flexibility index (Phi) is 4.75. The molecule has 0 saturated heterocycles. The quantitative estimate of drug-likeness (QED) is 0.631. The highest BCUT2D eigenvalue weighted by atomic mass is 19.1. The fourth-order valence-electron chi connectivity index (χ4n) is 3.49. The lowest BCUT2D eigenvalue weighted by atomic mass is 10.1. The monoisotopic (exact) mass is 394 g/mol. The lowest BCUT2D eigenvalue weighted by Crippen LogP contribution is -2.30. The first-order valence-corrected chi connectivity index (χ1v) is 9.10. The molecule has 4 rings (SSSR count). The van der Waals surface area contributed by atoms with Gasteiger partial charge in [-0.2, -0.15) is 0 Å². The first kappa shape index (κ1) is 18.7. The van der Waals surface area contributed by atoms with Crippen LogP contribution in [0.5, 0.6) is 5.75 Å². The van der Waals surface area contributed by atoms with E-state index in [0.29, 0.717) is 17.8 Å². The van der Waals surface area contributed by atoms with Crippen molar-refractivity contribution in [3.63, 3.8) is 0 Å². The van der Waals surface area contributed by atoms with E-state index in [9.17, 15) is 19.1 Å². The first-order valence-electron chi connectivity index (χ1n) is 9.10. The molecule has 2 aromatic carbocycles. The highest BCUT2D eigenvalue weighted by molar-refractivity contribution is 5.94. The van der Waals surface area contributed by atoms with Crippen LogP contribution in [0, 0.1) is 5.82 Å². The Morgan fingerprint density at radius 1 is 1.28 bits per heavy atom. The van der Waals surface area contributed by atoms with E-state index in [1.165, 1.54) is 24.3 Å². The van der Waals surface area contributed by atoms with Crippen molar-refractivity contribution in [1.82, 2.24) is 15.3 Å². The minimum absolute atomic E-state index is 0.108. The third kappa shape index (κ3) is 3.56. The fourth-order valence-corrected chi connectivity index (χ4v) is 3.49. The first-order chi connectivity index (χ1) is 13.9. The van der Waals surface area contributed by atoms with Gasteiger partial charge in [-0.15, -0.1) is 0 Å². The predicted octanol–water partition coefficient (Wildman–Crippen LogP) is 2.28. The van der Waals surface area contributed by atoms with Gasteiger partial charge in [-0.25, -0.2) is 9.37 Å². The normalized spacial score (nSPS) is 15.2. The SMILES string of the molecule is CN1c2ccccc2CC1c1nc(C(=O)NCc2ccc(F)cc2)c(O)c(=O)[nH]1. The number of anilines is 1.